The van der Waals surface area contributed by atoms with Crippen molar-refractivity contribution in [2.45, 2.75) is 238 Å². The van der Waals surface area contributed by atoms with E-state index in [2.05, 4.69) is 13.8 Å². The van der Waals surface area contributed by atoms with Crippen LogP contribution in [0.1, 0.15) is 226 Å². The zero-order valence-electron chi connectivity index (χ0n) is 31.4. The maximum absolute atomic E-state index is 12.0. The van der Waals surface area contributed by atoms with E-state index in [-0.39, 0.29) is 24.1 Å². The summed E-state index contributed by atoms with van der Waals surface area (Å²) in [4.78, 5) is 23.9. The van der Waals surface area contributed by atoms with Gasteiger partial charge in [0.25, 0.3) is 0 Å². The zero-order valence-corrected chi connectivity index (χ0v) is 31.4. The fourth-order valence-corrected chi connectivity index (χ4v) is 6.22. The monoisotopic (exact) mass is 669 g/mol. The molecule has 6 heteroatoms. The third kappa shape index (κ3) is 37.5. The van der Waals surface area contributed by atoms with Crippen LogP contribution in [0.3, 0.4) is 0 Å². The van der Waals surface area contributed by atoms with Gasteiger partial charge in [-0.05, 0) is 57.8 Å². The molecule has 2 unspecified atom stereocenters. The summed E-state index contributed by atoms with van der Waals surface area (Å²) in [5, 5.41) is 20.1. The molecular weight excluding hydrogens is 588 g/mol. The summed E-state index contributed by atoms with van der Waals surface area (Å²) in [5.74, 6) is -0.180. The molecule has 2 N–H and O–H groups in total. The molecule has 6 nitrogen and oxygen atoms in total. The zero-order chi connectivity index (χ0) is 34.5. The second kappa shape index (κ2) is 37.7. The molecule has 0 saturated heterocycles. The van der Waals surface area contributed by atoms with Gasteiger partial charge in [-0.2, -0.15) is 0 Å². The normalized spacial score (nSPS) is 12.7. The van der Waals surface area contributed by atoms with Gasteiger partial charge in [-0.25, -0.2) is 0 Å². The molecule has 0 spiro atoms. The second-order valence-corrected chi connectivity index (χ2v) is 14.2. The Labute approximate surface area is 291 Å². The Balaban J connectivity index is 3.33. The van der Waals surface area contributed by atoms with E-state index in [1.165, 1.54) is 103 Å². The lowest BCUT2D eigenvalue weighted by molar-refractivity contribution is -0.144. The van der Waals surface area contributed by atoms with E-state index in [4.69, 9.17) is 9.47 Å². The second-order valence-electron chi connectivity index (χ2n) is 14.2. The van der Waals surface area contributed by atoms with Crippen molar-refractivity contribution in [3.8, 4) is 0 Å². The highest BCUT2D eigenvalue weighted by Gasteiger charge is 2.07. The van der Waals surface area contributed by atoms with E-state index in [1.807, 2.05) is 0 Å². The highest BCUT2D eigenvalue weighted by Crippen LogP contribution is 2.16. The summed E-state index contributed by atoms with van der Waals surface area (Å²) in [6.07, 6.45) is 35.6. The summed E-state index contributed by atoms with van der Waals surface area (Å²) in [7, 11) is 0. The number of aliphatic hydroxyl groups is 2. The average molecular weight is 669 g/mol. The fourth-order valence-electron chi connectivity index (χ4n) is 6.22. The first-order valence-corrected chi connectivity index (χ1v) is 20.7. The SMILES string of the molecule is CCCCCCC(O)CCCCCCCCCCC(=O)OCCCCCOC(=O)CCCCCCCCCCC(O)CCCCCC. The first-order chi connectivity index (χ1) is 23.0. The Bertz CT molecular complexity index is 600. The first-order valence-electron chi connectivity index (χ1n) is 20.7. The van der Waals surface area contributed by atoms with Gasteiger partial charge in [0.2, 0.25) is 0 Å². The number of carbonyl (C=O) groups is 2. The van der Waals surface area contributed by atoms with Crippen molar-refractivity contribution in [1.29, 1.82) is 0 Å². The number of hydrogen-bond donors (Lipinski definition) is 2. The maximum atomic E-state index is 12.0. The van der Waals surface area contributed by atoms with Crippen molar-refractivity contribution in [2.75, 3.05) is 13.2 Å². The average Bonchev–Trinajstić information content (AvgIpc) is 3.06. The van der Waals surface area contributed by atoms with Crippen LogP contribution in [0.2, 0.25) is 0 Å². The Morgan fingerprint density at radius 3 is 0.957 bits per heavy atom. The topological polar surface area (TPSA) is 93.1 Å². The van der Waals surface area contributed by atoms with Crippen molar-refractivity contribution >= 4 is 11.9 Å². The number of hydrogen-bond acceptors (Lipinski definition) is 6. The van der Waals surface area contributed by atoms with Crippen LogP contribution in [0.25, 0.3) is 0 Å². The minimum absolute atomic E-state index is 0.0898. The van der Waals surface area contributed by atoms with Gasteiger partial charge in [-0.1, -0.05) is 155 Å². The molecule has 0 radical (unpaired) electrons. The largest absolute Gasteiger partial charge is 0.466 e. The van der Waals surface area contributed by atoms with Crippen molar-refractivity contribution < 1.29 is 29.3 Å². The van der Waals surface area contributed by atoms with E-state index in [1.54, 1.807) is 0 Å². The van der Waals surface area contributed by atoms with Crippen LogP contribution >= 0.6 is 0 Å². The maximum Gasteiger partial charge on any atom is 0.305 e. The molecule has 2 atom stereocenters. The van der Waals surface area contributed by atoms with Crippen LogP contribution in [0.5, 0.6) is 0 Å². The lowest BCUT2D eigenvalue weighted by atomic mass is 10.0. The Hall–Kier alpha value is -1.14. The van der Waals surface area contributed by atoms with E-state index < -0.39 is 0 Å². The van der Waals surface area contributed by atoms with Crippen LogP contribution in [-0.4, -0.2) is 47.6 Å². The van der Waals surface area contributed by atoms with E-state index in [0.717, 1.165) is 96.3 Å². The van der Waals surface area contributed by atoms with Gasteiger partial charge in [0.05, 0.1) is 25.4 Å². The van der Waals surface area contributed by atoms with Crippen molar-refractivity contribution in [2.24, 2.45) is 0 Å². The molecule has 0 aliphatic carbocycles. The molecule has 280 valence electrons. The van der Waals surface area contributed by atoms with Crippen LogP contribution in [0.4, 0.5) is 0 Å². The van der Waals surface area contributed by atoms with E-state index in [0.29, 0.717) is 26.1 Å². The van der Waals surface area contributed by atoms with Gasteiger partial charge in [-0.3, -0.25) is 9.59 Å². The van der Waals surface area contributed by atoms with Crippen LogP contribution in [0.15, 0.2) is 0 Å². The van der Waals surface area contributed by atoms with Gasteiger partial charge in [0.15, 0.2) is 0 Å². The van der Waals surface area contributed by atoms with Crippen molar-refractivity contribution in [3.05, 3.63) is 0 Å². The fraction of sp³-hybridized carbons (Fsp3) is 0.951. The number of aliphatic hydroxyl groups excluding tert-OH is 2. The van der Waals surface area contributed by atoms with Crippen molar-refractivity contribution in [3.63, 3.8) is 0 Å². The third-order valence-corrected chi connectivity index (χ3v) is 9.43. The summed E-state index contributed by atoms with van der Waals surface area (Å²) in [6.45, 7) is 5.36. The molecule has 47 heavy (non-hydrogen) atoms. The minimum Gasteiger partial charge on any atom is -0.466 e. The predicted octanol–water partition coefficient (Wildman–Crippen LogP) is 11.7. The highest BCUT2D eigenvalue weighted by atomic mass is 16.5. The Morgan fingerprint density at radius 2 is 0.638 bits per heavy atom. The molecule has 0 fully saturated rings. The number of esters is 2. The van der Waals surface area contributed by atoms with Gasteiger partial charge < -0.3 is 19.7 Å². The van der Waals surface area contributed by atoms with Gasteiger partial charge >= 0.3 is 11.9 Å². The molecule has 0 heterocycles. The van der Waals surface area contributed by atoms with Gasteiger partial charge in [0.1, 0.15) is 0 Å². The van der Waals surface area contributed by atoms with E-state index in [9.17, 15) is 19.8 Å². The predicted molar refractivity (Wildman–Crippen MR) is 198 cm³/mol. The standard InChI is InChI=1S/C41H80O6/c1-3-5-7-22-30-38(42)32-24-17-13-9-11-15-19-26-34-40(44)46-36-28-21-29-37-47-41(45)35-27-20-16-12-10-14-18-25-33-39(43)31-23-8-6-4-2/h38-39,42-43H,3-37H2,1-2H3. The molecule has 0 bridgehead atoms. The Morgan fingerprint density at radius 1 is 0.383 bits per heavy atom. The summed E-state index contributed by atoms with van der Waals surface area (Å²) >= 11 is 0. The lowest BCUT2D eigenvalue weighted by Gasteiger charge is -2.10. The molecule has 0 aromatic heterocycles. The number of rotatable bonds is 38. The molecule has 0 aliphatic heterocycles. The van der Waals surface area contributed by atoms with E-state index >= 15 is 0 Å². The third-order valence-electron chi connectivity index (χ3n) is 9.43. The molecule has 0 aromatic rings. The molecular formula is C41H80O6. The summed E-state index contributed by atoms with van der Waals surface area (Å²) in [6, 6.07) is 0. The minimum atomic E-state index is -0.102. The first kappa shape index (κ1) is 45.9. The molecule has 0 aliphatic rings. The molecule has 0 rings (SSSR count). The molecule has 0 saturated carbocycles. The Kier molecular flexibility index (Phi) is 36.8. The van der Waals surface area contributed by atoms with Gasteiger partial charge in [-0.15, -0.1) is 0 Å². The van der Waals surface area contributed by atoms with Crippen LogP contribution < -0.4 is 0 Å². The highest BCUT2D eigenvalue weighted by molar-refractivity contribution is 5.69. The summed E-state index contributed by atoms with van der Waals surface area (Å²) in [5.41, 5.74) is 0. The lowest BCUT2D eigenvalue weighted by Crippen LogP contribution is -2.07. The number of ether oxygens (including phenoxy) is 2. The number of carbonyl (C=O) groups excluding carboxylic acids is 2. The molecule has 0 aromatic carbocycles. The summed E-state index contributed by atoms with van der Waals surface area (Å²) < 4.78 is 10.7. The smallest absolute Gasteiger partial charge is 0.305 e. The van der Waals surface area contributed by atoms with Crippen LogP contribution in [-0.2, 0) is 19.1 Å². The quantitative estimate of drug-likeness (QED) is 0.0502. The van der Waals surface area contributed by atoms with Crippen molar-refractivity contribution in [1.82, 2.24) is 0 Å². The molecule has 0 amide bonds. The number of unbranched alkanes of at least 4 members (excludes halogenated alkanes) is 22. The van der Waals surface area contributed by atoms with Gasteiger partial charge in [0, 0.05) is 12.8 Å². The van der Waals surface area contributed by atoms with Crippen LogP contribution in [0, 0.1) is 0 Å².